The van der Waals surface area contributed by atoms with Gasteiger partial charge in [0.25, 0.3) is 11.8 Å². The zero-order valence-corrected chi connectivity index (χ0v) is 18.3. The summed E-state index contributed by atoms with van der Waals surface area (Å²) in [6.07, 6.45) is 0. The highest BCUT2D eigenvalue weighted by atomic mass is 16.5. The first-order valence-corrected chi connectivity index (χ1v) is 10.6. The topological polar surface area (TPSA) is 76.7 Å². The molecule has 0 aliphatic carbocycles. The van der Waals surface area contributed by atoms with Gasteiger partial charge in [-0.1, -0.05) is 42.5 Å². The maximum Gasteiger partial charge on any atom is 0.259 e. The monoisotopic (exact) mass is 432 g/mol. The summed E-state index contributed by atoms with van der Waals surface area (Å²) in [6.45, 7) is 5.29. The molecule has 0 saturated carbocycles. The van der Waals surface area contributed by atoms with Gasteiger partial charge in [0.15, 0.2) is 0 Å². The Kier molecular flexibility index (Phi) is 8.40. The summed E-state index contributed by atoms with van der Waals surface area (Å²) >= 11 is 0. The Morgan fingerprint density at radius 2 is 1.53 bits per heavy atom. The van der Waals surface area contributed by atoms with Crippen molar-refractivity contribution < 1.29 is 19.1 Å². The zero-order valence-electron chi connectivity index (χ0n) is 18.3. The number of rotatable bonds is 10. The highest BCUT2D eigenvalue weighted by Gasteiger charge is 2.14. The summed E-state index contributed by atoms with van der Waals surface area (Å²) in [5.41, 5.74) is 2.58. The molecular formula is C26H28N2O4. The van der Waals surface area contributed by atoms with Crippen molar-refractivity contribution in [3.8, 4) is 5.75 Å². The van der Waals surface area contributed by atoms with Gasteiger partial charge in [-0.05, 0) is 55.8 Å². The molecule has 166 valence electrons. The second kappa shape index (κ2) is 11.7. The highest BCUT2D eigenvalue weighted by molar-refractivity contribution is 6.06. The largest absolute Gasteiger partial charge is 0.490 e. The van der Waals surface area contributed by atoms with Gasteiger partial charge in [0.2, 0.25) is 0 Å². The van der Waals surface area contributed by atoms with Crippen LogP contribution in [0.15, 0.2) is 78.9 Å². The van der Waals surface area contributed by atoms with Crippen molar-refractivity contribution in [3.63, 3.8) is 0 Å². The Balaban J connectivity index is 1.60. The Morgan fingerprint density at radius 1 is 0.844 bits per heavy atom. The second-order valence-electron chi connectivity index (χ2n) is 7.18. The fraction of sp³-hybridized carbons (Fsp3) is 0.231. The summed E-state index contributed by atoms with van der Waals surface area (Å²) in [7, 11) is 0. The van der Waals surface area contributed by atoms with Gasteiger partial charge < -0.3 is 20.1 Å². The lowest BCUT2D eigenvalue weighted by Gasteiger charge is -2.15. The van der Waals surface area contributed by atoms with Crippen LogP contribution in [0.5, 0.6) is 5.75 Å². The van der Waals surface area contributed by atoms with Crippen molar-refractivity contribution in [3.05, 3.63) is 95.6 Å². The number of nitrogens with one attached hydrogen (secondary N) is 2. The van der Waals surface area contributed by atoms with Gasteiger partial charge in [-0.2, -0.15) is 0 Å². The lowest BCUT2D eigenvalue weighted by atomic mass is 10.1. The van der Waals surface area contributed by atoms with Gasteiger partial charge in [0.1, 0.15) is 12.4 Å². The van der Waals surface area contributed by atoms with Crippen LogP contribution in [0.4, 0.5) is 5.69 Å². The number of benzene rings is 3. The third-order valence-corrected chi connectivity index (χ3v) is 4.87. The van der Waals surface area contributed by atoms with E-state index in [1.165, 1.54) is 0 Å². The van der Waals surface area contributed by atoms with E-state index in [-0.39, 0.29) is 17.9 Å². The van der Waals surface area contributed by atoms with E-state index in [4.69, 9.17) is 9.47 Å². The average molecular weight is 433 g/mol. The molecule has 0 heterocycles. The van der Waals surface area contributed by atoms with Gasteiger partial charge in [0.05, 0.1) is 18.2 Å². The smallest absolute Gasteiger partial charge is 0.259 e. The van der Waals surface area contributed by atoms with E-state index >= 15 is 0 Å². The predicted molar refractivity (Wildman–Crippen MR) is 125 cm³/mol. The van der Waals surface area contributed by atoms with Crippen molar-refractivity contribution in [2.45, 2.75) is 19.9 Å². The number of ether oxygens (including phenoxy) is 2. The molecule has 1 atom stereocenters. The summed E-state index contributed by atoms with van der Waals surface area (Å²) in [6, 6.07) is 23.5. The lowest BCUT2D eigenvalue weighted by Crippen LogP contribution is -2.26. The number of para-hydroxylation sites is 1. The molecule has 0 saturated heterocycles. The molecule has 3 rings (SSSR count). The summed E-state index contributed by atoms with van der Waals surface area (Å²) < 4.78 is 11.0. The van der Waals surface area contributed by atoms with Gasteiger partial charge >= 0.3 is 0 Å². The van der Waals surface area contributed by atoms with Crippen LogP contribution in [-0.4, -0.2) is 31.6 Å². The summed E-state index contributed by atoms with van der Waals surface area (Å²) in [5.74, 6) is 0.0368. The number of hydrogen-bond acceptors (Lipinski definition) is 4. The maximum absolute atomic E-state index is 12.7. The molecule has 3 aromatic carbocycles. The first-order valence-electron chi connectivity index (χ1n) is 10.6. The normalized spacial score (nSPS) is 11.4. The van der Waals surface area contributed by atoms with Gasteiger partial charge in [-0.15, -0.1) is 0 Å². The molecule has 2 amide bonds. The quantitative estimate of drug-likeness (QED) is 0.449. The number of carbonyl (C=O) groups is 2. The minimum atomic E-state index is -0.285. The first kappa shape index (κ1) is 23.0. The van der Waals surface area contributed by atoms with E-state index in [0.717, 1.165) is 5.56 Å². The molecule has 1 unspecified atom stereocenters. The Hall–Kier alpha value is -3.64. The molecule has 3 aromatic rings. The third-order valence-electron chi connectivity index (χ3n) is 4.87. The Bertz CT molecular complexity index is 1020. The molecule has 0 aliphatic heterocycles. The summed E-state index contributed by atoms with van der Waals surface area (Å²) in [4.78, 5) is 25.3. The predicted octanol–water partition coefficient (Wildman–Crippen LogP) is 4.85. The minimum Gasteiger partial charge on any atom is -0.490 e. The third kappa shape index (κ3) is 6.43. The van der Waals surface area contributed by atoms with E-state index in [0.29, 0.717) is 42.4 Å². The van der Waals surface area contributed by atoms with Gasteiger partial charge in [-0.3, -0.25) is 9.59 Å². The Labute approximate surface area is 188 Å². The van der Waals surface area contributed by atoms with E-state index in [1.807, 2.05) is 50.2 Å². The minimum absolute atomic E-state index is 0.109. The van der Waals surface area contributed by atoms with Crippen molar-refractivity contribution in [2.75, 3.05) is 25.1 Å². The number of hydrogen-bond donors (Lipinski definition) is 2. The van der Waals surface area contributed by atoms with Crippen LogP contribution in [0.2, 0.25) is 0 Å². The zero-order chi connectivity index (χ0) is 22.8. The number of carbonyl (C=O) groups excluding carboxylic acids is 2. The SMILES string of the molecule is CCOCCOc1ccccc1C(=O)Nc1ccc(C(=O)NC(C)c2ccccc2)cc1. The molecule has 0 aliphatic rings. The van der Waals surface area contributed by atoms with Crippen molar-refractivity contribution in [2.24, 2.45) is 0 Å². The van der Waals surface area contributed by atoms with Crippen LogP contribution in [0, 0.1) is 0 Å². The van der Waals surface area contributed by atoms with Crippen LogP contribution < -0.4 is 15.4 Å². The van der Waals surface area contributed by atoms with E-state index < -0.39 is 0 Å². The van der Waals surface area contributed by atoms with E-state index in [9.17, 15) is 9.59 Å². The number of anilines is 1. The molecule has 0 bridgehead atoms. The molecule has 6 heteroatoms. The van der Waals surface area contributed by atoms with Crippen molar-refractivity contribution in [1.82, 2.24) is 5.32 Å². The summed E-state index contributed by atoms with van der Waals surface area (Å²) in [5, 5.41) is 5.83. The van der Waals surface area contributed by atoms with Crippen molar-refractivity contribution >= 4 is 17.5 Å². The first-order chi connectivity index (χ1) is 15.6. The molecule has 0 fully saturated rings. The molecule has 0 aromatic heterocycles. The molecule has 32 heavy (non-hydrogen) atoms. The van der Waals surface area contributed by atoms with Gasteiger partial charge in [-0.25, -0.2) is 0 Å². The standard InChI is InChI=1S/C26H28N2O4/c1-3-31-17-18-32-24-12-8-7-11-23(24)26(30)28-22-15-13-21(14-16-22)25(29)27-19(2)20-9-5-4-6-10-20/h4-16,19H,3,17-18H2,1-2H3,(H,27,29)(H,28,30). The average Bonchev–Trinajstić information content (AvgIpc) is 2.83. The highest BCUT2D eigenvalue weighted by Crippen LogP contribution is 2.20. The van der Waals surface area contributed by atoms with E-state index in [1.54, 1.807) is 42.5 Å². The van der Waals surface area contributed by atoms with E-state index in [2.05, 4.69) is 10.6 Å². The molecule has 0 spiro atoms. The molecular weight excluding hydrogens is 404 g/mol. The van der Waals surface area contributed by atoms with Gasteiger partial charge in [0, 0.05) is 17.9 Å². The molecule has 6 nitrogen and oxygen atoms in total. The number of amides is 2. The fourth-order valence-electron chi connectivity index (χ4n) is 3.14. The van der Waals surface area contributed by atoms with Crippen molar-refractivity contribution in [1.29, 1.82) is 0 Å². The lowest BCUT2D eigenvalue weighted by molar-refractivity contribution is 0.0939. The van der Waals surface area contributed by atoms with Crippen LogP contribution in [-0.2, 0) is 4.74 Å². The molecule has 2 N–H and O–H groups in total. The van der Waals surface area contributed by atoms with Crippen LogP contribution in [0.25, 0.3) is 0 Å². The van der Waals surface area contributed by atoms with Crippen LogP contribution in [0.3, 0.4) is 0 Å². The Morgan fingerprint density at radius 3 is 2.25 bits per heavy atom. The fourth-order valence-corrected chi connectivity index (χ4v) is 3.14. The second-order valence-corrected chi connectivity index (χ2v) is 7.18. The maximum atomic E-state index is 12.7. The van der Waals surface area contributed by atoms with Crippen LogP contribution >= 0.6 is 0 Å². The molecule has 0 radical (unpaired) electrons. The van der Waals surface area contributed by atoms with Crippen LogP contribution in [0.1, 0.15) is 46.2 Å².